The number of thioether (sulfide) groups is 1. The lowest BCUT2D eigenvalue weighted by Gasteiger charge is -2.33. The lowest BCUT2D eigenvalue weighted by atomic mass is 9.87. The zero-order valence-electron chi connectivity index (χ0n) is 12.0. The van der Waals surface area contributed by atoms with E-state index in [-0.39, 0.29) is 0 Å². The van der Waals surface area contributed by atoms with Crippen molar-refractivity contribution in [3.05, 3.63) is 0 Å². The van der Waals surface area contributed by atoms with Crippen molar-refractivity contribution in [2.45, 2.75) is 58.2 Å². The van der Waals surface area contributed by atoms with E-state index in [9.17, 15) is 0 Å². The van der Waals surface area contributed by atoms with E-state index in [0.29, 0.717) is 11.5 Å². The van der Waals surface area contributed by atoms with Crippen molar-refractivity contribution in [3.8, 4) is 0 Å². The van der Waals surface area contributed by atoms with E-state index in [2.05, 4.69) is 44.4 Å². The highest BCUT2D eigenvalue weighted by Crippen LogP contribution is 2.23. The molecular formula is C14H30N2S. The molecule has 1 aliphatic rings. The van der Waals surface area contributed by atoms with Gasteiger partial charge in [0.1, 0.15) is 0 Å². The lowest BCUT2D eigenvalue weighted by Crippen LogP contribution is -2.40. The first-order valence-electron chi connectivity index (χ1n) is 7.00. The zero-order valence-corrected chi connectivity index (χ0v) is 12.9. The van der Waals surface area contributed by atoms with Crippen molar-refractivity contribution in [1.29, 1.82) is 0 Å². The fraction of sp³-hybridized carbons (Fsp3) is 1.00. The van der Waals surface area contributed by atoms with E-state index in [1.54, 1.807) is 0 Å². The molecule has 3 heteroatoms. The van der Waals surface area contributed by atoms with Gasteiger partial charge in [-0.25, -0.2) is 0 Å². The maximum atomic E-state index is 6.21. The maximum Gasteiger partial charge on any atom is 0.0172 e. The van der Waals surface area contributed by atoms with E-state index in [4.69, 9.17) is 5.73 Å². The summed E-state index contributed by atoms with van der Waals surface area (Å²) in [5, 5.41) is 0.850. The fourth-order valence-electron chi connectivity index (χ4n) is 2.47. The Morgan fingerprint density at radius 1 is 1.41 bits per heavy atom. The van der Waals surface area contributed by atoms with Gasteiger partial charge in [0.15, 0.2) is 0 Å². The predicted molar refractivity (Wildman–Crippen MR) is 79.6 cm³/mol. The summed E-state index contributed by atoms with van der Waals surface area (Å²) in [5.41, 5.74) is 6.58. The van der Waals surface area contributed by atoms with Gasteiger partial charge in [-0.1, -0.05) is 27.7 Å². The van der Waals surface area contributed by atoms with Crippen LogP contribution in [0.25, 0.3) is 0 Å². The van der Waals surface area contributed by atoms with Crippen LogP contribution in [0.3, 0.4) is 0 Å². The van der Waals surface area contributed by atoms with E-state index >= 15 is 0 Å². The SMILES string of the molecule is CCC1CN(CCC(N)CC(C)(C)C)CCS1. The molecule has 17 heavy (non-hydrogen) atoms. The second-order valence-electron chi connectivity index (χ2n) is 6.52. The van der Waals surface area contributed by atoms with Crippen LogP contribution in [-0.4, -0.2) is 41.6 Å². The molecule has 102 valence electrons. The summed E-state index contributed by atoms with van der Waals surface area (Å²) in [5.74, 6) is 1.30. The second kappa shape index (κ2) is 7.01. The molecule has 1 rings (SSSR count). The molecule has 0 spiro atoms. The van der Waals surface area contributed by atoms with Gasteiger partial charge in [-0.05, 0) is 31.2 Å². The quantitative estimate of drug-likeness (QED) is 0.822. The molecule has 0 aromatic carbocycles. The highest BCUT2D eigenvalue weighted by atomic mass is 32.2. The molecule has 0 amide bonds. The Morgan fingerprint density at radius 2 is 2.12 bits per heavy atom. The molecule has 2 N–H and O–H groups in total. The smallest absolute Gasteiger partial charge is 0.0172 e. The monoisotopic (exact) mass is 258 g/mol. The third kappa shape index (κ3) is 6.68. The summed E-state index contributed by atoms with van der Waals surface area (Å²) in [6.45, 7) is 12.8. The molecule has 1 saturated heterocycles. The summed E-state index contributed by atoms with van der Waals surface area (Å²) in [6, 6.07) is 0.365. The first-order chi connectivity index (χ1) is 7.90. The minimum atomic E-state index is 0.364. The second-order valence-corrected chi connectivity index (χ2v) is 7.92. The van der Waals surface area contributed by atoms with Gasteiger partial charge in [0.2, 0.25) is 0 Å². The largest absolute Gasteiger partial charge is 0.328 e. The highest BCUT2D eigenvalue weighted by Gasteiger charge is 2.20. The van der Waals surface area contributed by atoms with Crippen molar-refractivity contribution in [2.75, 3.05) is 25.4 Å². The van der Waals surface area contributed by atoms with Crippen LogP contribution in [0, 0.1) is 5.41 Å². The molecular weight excluding hydrogens is 228 g/mol. The Kier molecular flexibility index (Phi) is 6.32. The number of hydrogen-bond acceptors (Lipinski definition) is 3. The molecule has 0 aliphatic carbocycles. The van der Waals surface area contributed by atoms with Crippen LogP contribution in [0.4, 0.5) is 0 Å². The number of rotatable bonds is 5. The minimum absolute atomic E-state index is 0.364. The van der Waals surface area contributed by atoms with Crippen LogP contribution in [0.2, 0.25) is 0 Å². The standard InChI is InChI=1S/C14H30N2S/c1-5-13-11-16(8-9-17-13)7-6-12(15)10-14(2,3)4/h12-13H,5-11,15H2,1-4H3. The van der Waals surface area contributed by atoms with Crippen molar-refractivity contribution < 1.29 is 0 Å². The third-order valence-corrected chi connectivity index (χ3v) is 4.74. The average Bonchev–Trinajstić information content (AvgIpc) is 2.24. The van der Waals surface area contributed by atoms with Gasteiger partial charge in [-0.2, -0.15) is 11.8 Å². The molecule has 0 bridgehead atoms. The van der Waals surface area contributed by atoms with Crippen molar-refractivity contribution in [1.82, 2.24) is 4.90 Å². The highest BCUT2D eigenvalue weighted by molar-refractivity contribution is 8.00. The molecule has 1 fully saturated rings. The lowest BCUT2D eigenvalue weighted by molar-refractivity contribution is 0.252. The van der Waals surface area contributed by atoms with Gasteiger partial charge in [-0.3, -0.25) is 0 Å². The van der Waals surface area contributed by atoms with Gasteiger partial charge in [0.05, 0.1) is 0 Å². The fourth-order valence-corrected chi connectivity index (χ4v) is 3.72. The summed E-state index contributed by atoms with van der Waals surface area (Å²) < 4.78 is 0. The molecule has 0 saturated carbocycles. The molecule has 0 aromatic heterocycles. The molecule has 2 atom stereocenters. The van der Waals surface area contributed by atoms with Crippen LogP contribution in [0.5, 0.6) is 0 Å². The van der Waals surface area contributed by atoms with Gasteiger partial charge in [-0.15, -0.1) is 0 Å². The van der Waals surface area contributed by atoms with Crippen molar-refractivity contribution in [3.63, 3.8) is 0 Å². The van der Waals surface area contributed by atoms with Crippen LogP contribution < -0.4 is 5.73 Å². The molecule has 2 unspecified atom stereocenters. The van der Waals surface area contributed by atoms with Crippen LogP contribution >= 0.6 is 11.8 Å². The average molecular weight is 258 g/mol. The van der Waals surface area contributed by atoms with E-state index in [1.165, 1.54) is 31.8 Å². The molecule has 0 aromatic rings. The molecule has 1 aliphatic heterocycles. The van der Waals surface area contributed by atoms with E-state index in [1.807, 2.05) is 0 Å². The Labute approximate surface area is 112 Å². The Hall–Kier alpha value is 0.270. The van der Waals surface area contributed by atoms with Gasteiger partial charge in [0.25, 0.3) is 0 Å². The van der Waals surface area contributed by atoms with Crippen molar-refractivity contribution in [2.24, 2.45) is 11.1 Å². The first-order valence-corrected chi connectivity index (χ1v) is 8.05. The van der Waals surface area contributed by atoms with E-state index in [0.717, 1.165) is 18.1 Å². The number of nitrogens with zero attached hydrogens (tertiary/aromatic N) is 1. The molecule has 2 nitrogen and oxygen atoms in total. The summed E-state index contributed by atoms with van der Waals surface area (Å²) in [6.07, 6.45) is 3.58. The summed E-state index contributed by atoms with van der Waals surface area (Å²) in [7, 11) is 0. The Bertz CT molecular complexity index is 213. The first kappa shape index (κ1) is 15.3. The predicted octanol–water partition coefficient (Wildman–Crippen LogP) is 2.97. The van der Waals surface area contributed by atoms with Gasteiger partial charge >= 0.3 is 0 Å². The Morgan fingerprint density at radius 3 is 2.71 bits per heavy atom. The molecule has 0 radical (unpaired) electrons. The van der Waals surface area contributed by atoms with Crippen LogP contribution in [0.1, 0.15) is 47.0 Å². The normalized spacial score (nSPS) is 24.9. The summed E-state index contributed by atoms with van der Waals surface area (Å²) >= 11 is 2.14. The number of hydrogen-bond donors (Lipinski definition) is 1. The summed E-state index contributed by atoms with van der Waals surface area (Å²) in [4.78, 5) is 2.60. The van der Waals surface area contributed by atoms with Gasteiger partial charge in [0, 0.05) is 30.1 Å². The third-order valence-electron chi connectivity index (χ3n) is 3.37. The van der Waals surface area contributed by atoms with Crippen molar-refractivity contribution >= 4 is 11.8 Å². The van der Waals surface area contributed by atoms with E-state index < -0.39 is 0 Å². The zero-order chi connectivity index (χ0) is 12.9. The van der Waals surface area contributed by atoms with Crippen LogP contribution in [0.15, 0.2) is 0 Å². The number of nitrogens with two attached hydrogens (primary N) is 1. The Balaban J connectivity index is 2.21. The maximum absolute atomic E-state index is 6.21. The topological polar surface area (TPSA) is 29.3 Å². The van der Waals surface area contributed by atoms with Gasteiger partial charge < -0.3 is 10.6 Å². The minimum Gasteiger partial charge on any atom is -0.328 e. The molecule has 1 heterocycles. The van der Waals surface area contributed by atoms with Crippen LogP contribution in [-0.2, 0) is 0 Å².